The summed E-state index contributed by atoms with van der Waals surface area (Å²) >= 11 is 0. The van der Waals surface area contributed by atoms with Gasteiger partial charge in [-0.1, -0.05) is 31.9 Å². The molecule has 1 saturated carbocycles. The van der Waals surface area contributed by atoms with Crippen LogP contribution in [0.25, 0.3) is 0 Å². The van der Waals surface area contributed by atoms with Gasteiger partial charge in [-0.25, -0.2) is 0 Å². The summed E-state index contributed by atoms with van der Waals surface area (Å²) in [7, 11) is 4.42. The Hall–Kier alpha value is -1.37. The maximum atomic E-state index is 8.82. The largest absolute Gasteiger partial charge is 0.311 e. The Morgan fingerprint density at radius 2 is 2.05 bits per heavy atom. The lowest BCUT2D eigenvalue weighted by Gasteiger charge is -2.45. The quantitative estimate of drug-likeness (QED) is 0.903. The Kier molecular flexibility index (Phi) is 5.39. The molecule has 114 valence electrons. The SMILES string of the molecule is CC1CCCC(CNCc2ccc(C#N)cc2)(N(C)C)C1. The summed E-state index contributed by atoms with van der Waals surface area (Å²) in [6, 6.07) is 10.0. The first-order chi connectivity index (χ1) is 10.1. The van der Waals surface area contributed by atoms with E-state index in [-0.39, 0.29) is 0 Å². The van der Waals surface area contributed by atoms with Gasteiger partial charge in [-0.3, -0.25) is 0 Å². The van der Waals surface area contributed by atoms with Crippen LogP contribution < -0.4 is 5.32 Å². The Morgan fingerprint density at radius 1 is 1.33 bits per heavy atom. The minimum Gasteiger partial charge on any atom is -0.311 e. The van der Waals surface area contributed by atoms with Gasteiger partial charge in [0.1, 0.15) is 0 Å². The van der Waals surface area contributed by atoms with E-state index >= 15 is 0 Å². The number of hydrogen-bond acceptors (Lipinski definition) is 3. The van der Waals surface area contributed by atoms with Crippen molar-refractivity contribution in [3.63, 3.8) is 0 Å². The highest BCUT2D eigenvalue weighted by molar-refractivity contribution is 5.31. The van der Waals surface area contributed by atoms with Crippen molar-refractivity contribution >= 4 is 0 Å². The molecule has 1 aliphatic carbocycles. The molecule has 1 aromatic rings. The van der Waals surface area contributed by atoms with Crippen LogP contribution in [0.4, 0.5) is 0 Å². The van der Waals surface area contributed by atoms with Crippen molar-refractivity contribution in [2.24, 2.45) is 5.92 Å². The first-order valence-electron chi connectivity index (χ1n) is 7.93. The zero-order valence-corrected chi connectivity index (χ0v) is 13.5. The minimum absolute atomic E-state index is 0.296. The molecule has 1 fully saturated rings. The molecule has 3 heteroatoms. The number of nitrogens with one attached hydrogen (secondary N) is 1. The lowest BCUT2D eigenvalue weighted by Crippen LogP contribution is -2.54. The fraction of sp³-hybridized carbons (Fsp3) is 0.611. The van der Waals surface area contributed by atoms with Gasteiger partial charge in [-0.2, -0.15) is 5.26 Å². The minimum atomic E-state index is 0.296. The smallest absolute Gasteiger partial charge is 0.0991 e. The second-order valence-electron chi connectivity index (χ2n) is 6.73. The molecule has 0 aromatic heterocycles. The van der Waals surface area contributed by atoms with Crippen molar-refractivity contribution < 1.29 is 0 Å². The topological polar surface area (TPSA) is 39.1 Å². The maximum absolute atomic E-state index is 8.82. The van der Waals surface area contributed by atoms with E-state index in [1.54, 1.807) is 0 Å². The molecule has 3 nitrogen and oxygen atoms in total. The lowest BCUT2D eigenvalue weighted by atomic mass is 9.75. The molecule has 2 atom stereocenters. The molecule has 0 amide bonds. The molecule has 0 heterocycles. The summed E-state index contributed by atoms with van der Waals surface area (Å²) in [5.41, 5.74) is 2.26. The van der Waals surface area contributed by atoms with Crippen molar-refractivity contribution in [1.82, 2.24) is 10.2 Å². The zero-order chi connectivity index (χ0) is 15.3. The first kappa shape index (κ1) is 16.0. The number of nitriles is 1. The van der Waals surface area contributed by atoms with E-state index in [1.165, 1.54) is 31.2 Å². The predicted molar refractivity (Wildman–Crippen MR) is 86.9 cm³/mol. The fourth-order valence-electron chi connectivity index (χ4n) is 3.49. The summed E-state index contributed by atoms with van der Waals surface area (Å²) in [5, 5.41) is 12.5. The zero-order valence-electron chi connectivity index (χ0n) is 13.5. The van der Waals surface area contributed by atoms with E-state index in [9.17, 15) is 0 Å². The molecule has 21 heavy (non-hydrogen) atoms. The van der Waals surface area contributed by atoms with Gasteiger partial charge in [0.25, 0.3) is 0 Å². The number of hydrogen-bond donors (Lipinski definition) is 1. The van der Waals surface area contributed by atoms with Crippen LogP contribution in [-0.2, 0) is 6.54 Å². The van der Waals surface area contributed by atoms with E-state index in [2.05, 4.69) is 37.3 Å². The molecule has 2 unspecified atom stereocenters. The van der Waals surface area contributed by atoms with Gasteiger partial charge < -0.3 is 10.2 Å². The van der Waals surface area contributed by atoms with Crippen molar-refractivity contribution in [1.29, 1.82) is 5.26 Å². The molecule has 0 saturated heterocycles. The third kappa shape index (κ3) is 4.06. The van der Waals surface area contributed by atoms with Crippen molar-refractivity contribution in [3.8, 4) is 6.07 Å². The number of benzene rings is 1. The highest BCUT2D eigenvalue weighted by Crippen LogP contribution is 2.35. The Balaban J connectivity index is 1.91. The van der Waals surface area contributed by atoms with Crippen LogP contribution in [-0.4, -0.2) is 31.1 Å². The second kappa shape index (κ2) is 7.06. The van der Waals surface area contributed by atoms with Crippen LogP contribution in [0.5, 0.6) is 0 Å². The van der Waals surface area contributed by atoms with Crippen molar-refractivity contribution in [2.45, 2.75) is 44.7 Å². The Bertz CT molecular complexity index is 486. The van der Waals surface area contributed by atoms with Crippen LogP contribution in [0.3, 0.4) is 0 Å². The predicted octanol–water partition coefficient (Wildman–Crippen LogP) is 3.16. The molecule has 0 radical (unpaired) electrons. The first-order valence-corrected chi connectivity index (χ1v) is 7.93. The van der Waals surface area contributed by atoms with E-state index in [0.717, 1.165) is 24.6 Å². The van der Waals surface area contributed by atoms with E-state index in [0.29, 0.717) is 5.54 Å². The van der Waals surface area contributed by atoms with E-state index in [1.807, 2.05) is 24.3 Å². The van der Waals surface area contributed by atoms with Crippen molar-refractivity contribution in [3.05, 3.63) is 35.4 Å². The third-order valence-electron chi connectivity index (χ3n) is 4.88. The summed E-state index contributed by atoms with van der Waals surface area (Å²) in [5.74, 6) is 0.817. The molecule has 0 spiro atoms. The molecule has 1 aromatic carbocycles. The maximum Gasteiger partial charge on any atom is 0.0991 e. The molecule has 1 aliphatic rings. The average molecular weight is 285 g/mol. The van der Waals surface area contributed by atoms with Gasteiger partial charge >= 0.3 is 0 Å². The number of nitrogens with zero attached hydrogens (tertiary/aromatic N) is 2. The van der Waals surface area contributed by atoms with E-state index in [4.69, 9.17) is 5.26 Å². The Labute approximate surface area is 129 Å². The lowest BCUT2D eigenvalue weighted by molar-refractivity contribution is 0.0749. The molecular weight excluding hydrogens is 258 g/mol. The number of likely N-dealkylation sites (N-methyl/N-ethyl adjacent to an activating group) is 1. The van der Waals surface area contributed by atoms with Gasteiger partial charge in [-0.15, -0.1) is 0 Å². The fourth-order valence-corrected chi connectivity index (χ4v) is 3.49. The van der Waals surface area contributed by atoms with Crippen LogP contribution >= 0.6 is 0 Å². The summed E-state index contributed by atoms with van der Waals surface area (Å²) in [4.78, 5) is 2.41. The van der Waals surface area contributed by atoms with Crippen LogP contribution in [0.2, 0.25) is 0 Å². The summed E-state index contributed by atoms with van der Waals surface area (Å²) < 4.78 is 0. The molecule has 2 rings (SSSR count). The van der Waals surface area contributed by atoms with E-state index < -0.39 is 0 Å². The molecule has 0 aliphatic heterocycles. The van der Waals surface area contributed by atoms with Crippen LogP contribution in [0.15, 0.2) is 24.3 Å². The van der Waals surface area contributed by atoms with Crippen LogP contribution in [0, 0.1) is 17.2 Å². The van der Waals surface area contributed by atoms with Gasteiger partial charge in [0, 0.05) is 18.6 Å². The van der Waals surface area contributed by atoms with Gasteiger partial charge in [0.05, 0.1) is 11.6 Å². The highest BCUT2D eigenvalue weighted by atomic mass is 15.2. The van der Waals surface area contributed by atoms with Crippen LogP contribution in [0.1, 0.15) is 43.7 Å². The normalized spacial score (nSPS) is 25.8. The second-order valence-corrected chi connectivity index (χ2v) is 6.73. The molecular formula is C18H27N3. The third-order valence-corrected chi connectivity index (χ3v) is 4.88. The summed E-state index contributed by atoms with van der Waals surface area (Å²) in [6.07, 6.45) is 5.26. The summed E-state index contributed by atoms with van der Waals surface area (Å²) in [6.45, 7) is 4.28. The van der Waals surface area contributed by atoms with Gasteiger partial charge in [0.2, 0.25) is 0 Å². The highest BCUT2D eigenvalue weighted by Gasteiger charge is 2.36. The molecule has 0 bridgehead atoms. The average Bonchev–Trinajstić information content (AvgIpc) is 2.48. The number of rotatable bonds is 5. The standard InChI is InChI=1S/C18H27N3/c1-15-5-4-10-18(11-15,21(2)3)14-20-13-17-8-6-16(12-19)7-9-17/h6-9,15,20H,4-5,10-11,13-14H2,1-3H3. The molecule has 1 N–H and O–H groups in total. The van der Waals surface area contributed by atoms with Gasteiger partial charge in [-0.05, 0) is 50.6 Å². The monoisotopic (exact) mass is 285 g/mol. The van der Waals surface area contributed by atoms with Crippen molar-refractivity contribution in [2.75, 3.05) is 20.6 Å². The van der Waals surface area contributed by atoms with Gasteiger partial charge in [0.15, 0.2) is 0 Å². The Morgan fingerprint density at radius 3 is 2.62 bits per heavy atom.